The molecule has 0 aromatic carbocycles. The summed E-state index contributed by atoms with van der Waals surface area (Å²) in [7, 11) is -6.09. The van der Waals surface area contributed by atoms with Gasteiger partial charge in [0.25, 0.3) is 0 Å². The molecule has 0 fully saturated rings. The highest BCUT2D eigenvalue weighted by molar-refractivity contribution is 7.86. The van der Waals surface area contributed by atoms with Gasteiger partial charge in [0.2, 0.25) is 0 Å². The van der Waals surface area contributed by atoms with Crippen LogP contribution in [-0.2, 0) is 23.1 Å². The number of aromatic nitrogens is 1. The summed E-state index contributed by atoms with van der Waals surface area (Å²) in [5.41, 5.74) is -4.18. The van der Waals surface area contributed by atoms with Gasteiger partial charge >= 0.3 is 5.51 Å². The minimum Gasteiger partial charge on any atom is -0.741 e. The minimum absolute atomic E-state index is 1.14. The highest BCUT2D eigenvalue weighted by Crippen LogP contribution is 2.20. The lowest BCUT2D eigenvalue weighted by Crippen LogP contribution is -2.37. The Morgan fingerprint density at radius 2 is 1.36 bits per heavy atom. The molecule has 0 saturated carbocycles. The number of halogens is 3. The van der Waals surface area contributed by atoms with E-state index in [2.05, 4.69) is 42.8 Å². The van der Waals surface area contributed by atoms with Gasteiger partial charge in [0.1, 0.15) is 6.54 Å². The molecular formula is C20H34F3NO3S. The minimum atomic E-state index is -6.09. The Morgan fingerprint density at radius 3 is 1.79 bits per heavy atom. The summed E-state index contributed by atoms with van der Waals surface area (Å²) in [5.74, 6) is 0. The molecule has 164 valence electrons. The molecule has 0 amide bonds. The Morgan fingerprint density at radius 1 is 0.893 bits per heavy atom. The number of hydrogen-bond donors (Lipinski definition) is 0. The quantitative estimate of drug-likeness (QED) is 0.192. The molecule has 0 saturated heterocycles. The first-order chi connectivity index (χ1) is 13.1. The number of hydrogen-bond acceptors (Lipinski definition) is 3. The second-order valence-corrected chi connectivity index (χ2v) is 8.19. The average molecular weight is 426 g/mol. The monoisotopic (exact) mass is 425 g/mol. The lowest BCUT2D eigenvalue weighted by atomic mass is 10.1. The summed E-state index contributed by atoms with van der Waals surface area (Å²) in [6.45, 7) is 5.72. The van der Waals surface area contributed by atoms with Gasteiger partial charge in [-0.25, -0.2) is 13.0 Å². The van der Waals surface area contributed by atoms with Gasteiger partial charge in [0.15, 0.2) is 22.0 Å². The van der Waals surface area contributed by atoms with E-state index in [0.717, 1.165) is 6.42 Å². The van der Waals surface area contributed by atoms with Crippen LogP contribution in [0.3, 0.4) is 0 Å². The van der Waals surface area contributed by atoms with E-state index in [4.69, 9.17) is 13.0 Å². The maximum absolute atomic E-state index is 10.7. The van der Waals surface area contributed by atoms with Crippen molar-refractivity contribution in [3.8, 4) is 0 Å². The van der Waals surface area contributed by atoms with E-state index in [1.165, 1.54) is 76.4 Å². The van der Waals surface area contributed by atoms with Crippen LogP contribution in [-0.4, -0.2) is 18.5 Å². The Kier molecular flexibility index (Phi) is 14.2. The van der Waals surface area contributed by atoms with Crippen molar-refractivity contribution in [1.82, 2.24) is 0 Å². The van der Waals surface area contributed by atoms with Gasteiger partial charge in [0.05, 0.1) is 0 Å². The molecule has 0 radical (unpaired) electrons. The highest BCUT2D eigenvalue weighted by Gasteiger charge is 2.36. The maximum atomic E-state index is 10.7. The van der Waals surface area contributed by atoms with Crippen molar-refractivity contribution < 1.29 is 30.7 Å². The van der Waals surface area contributed by atoms with Crippen LogP contribution in [0.4, 0.5) is 13.2 Å². The van der Waals surface area contributed by atoms with Crippen LogP contribution in [0.1, 0.15) is 83.7 Å². The summed E-state index contributed by atoms with van der Waals surface area (Å²) in [4.78, 5) is 0. The molecule has 0 N–H and O–H groups in total. The van der Waals surface area contributed by atoms with Crippen molar-refractivity contribution in [2.24, 2.45) is 0 Å². The van der Waals surface area contributed by atoms with E-state index in [0.29, 0.717) is 0 Å². The smallest absolute Gasteiger partial charge is 0.485 e. The SMILES string of the molecule is CCCCCCCCCCCC[n+]1ccccc1CC.O=S(=O)([O-])C(F)(F)F. The second-order valence-electron chi connectivity index (χ2n) is 6.82. The van der Waals surface area contributed by atoms with Gasteiger partial charge in [-0.05, 0) is 6.42 Å². The Bertz CT molecular complexity index is 619. The molecular weight excluding hydrogens is 391 g/mol. The number of pyridine rings is 1. The van der Waals surface area contributed by atoms with Gasteiger partial charge in [-0.3, -0.25) is 0 Å². The summed E-state index contributed by atoms with van der Waals surface area (Å²) >= 11 is 0. The van der Waals surface area contributed by atoms with Crippen LogP contribution >= 0.6 is 0 Å². The number of aryl methyl sites for hydroxylation is 2. The fourth-order valence-electron chi connectivity index (χ4n) is 2.82. The molecule has 0 aliphatic carbocycles. The number of alkyl halides is 3. The second kappa shape index (κ2) is 14.8. The Hall–Kier alpha value is -1.15. The third-order valence-electron chi connectivity index (χ3n) is 4.43. The maximum Gasteiger partial charge on any atom is 0.485 e. The highest BCUT2D eigenvalue weighted by atomic mass is 32.2. The predicted octanol–water partition coefficient (Wildman–Crippen LogP) is 5.51. The fourth-order valence-corrected chi connectivity index (χ4v) is 2.82. The van der Waals surface area contributed by atoms with Gasteiger partial charge in [-0.15, -0.1) is 0 Å². The molecule has 0 bridgehead atoms. The average Bonchev–Trinajstić information content (AvgIpc) is 2.62. The molecule has 0 unspecified atom stereocenters. The standard InChI is InChI=1S/C19H34N.CHF3O3S/c1-3-5-6-7-8-9-10-11-12-14-17-20-18-15-13-16-19(20)4-2;2-1(3,4)8(5,6)7/h13,15-16,18H,3-12,14,17H2,1-2H3;(H,5,6,7)/q+1;/p-1. The molecule has 0 aliphatic rings. The van der Waals surface area contributed by atoms with E-state index in [9.17, 15) is 13.2 Å². The van der Waals surface area contributed by atoms with E-state index in [1.807, 2.05) is 0 Å². The molecule has 1 aromatic rings. The van der Waals surface area contributed by atoms with E-state index >= 15 is 0 Å². The van der Waals surface area contributed by atoms with E-state index < -0.39 is 15.6 Å². The van der Waals surface area contributed by atoms with Crippen LogP contribution in [0.2, 0.25) is 0 Å². The normalized spacial score (nSPS) is 11.8. The van der Waals surface area contributed by atoms with Gasteiger partial charge in [-0.2, -0.15) is 13.2 Å². The van der Waals surface area contributed by atoms with E-state index in [1.54, 1.807) is 0 Å². The summed E-state index contributed by atoms with van der Waals surface area (Å²) < 4.78 is 61.3. The van der Waals surface area contributed by atoms with Gasteiger partial charge in [-0.1, -0.05) is 71.3 Å². The van der Waals surface area contributed by atoms with Crippen molar-refractivity contribution in [1.29, 1.82) is 0 Å². The van der Waals surface area contributed by atoms with Crippen LogP contribution in [0.25, 0.3) is 0 Å². The van der Waals surface area contributed by atoms with Crippen LogP contribution in [0.5, 0.6) is 0 Å². The third kappa shape index (κ3) is 13.1. The number of unbranched alkanes of at least 4 members (excludes halogenated alkanes) is 9. The van der Waals surface area contributed by atoms with Crippen LogP contribution < -0.4 is 4.57 Å². The molecule has 4 nitrogen and oxygen atoms in total. The lowest BCUT2D eigenvalue weighted by molar-refractivity contribution is -0.704. The first kappa shape index (κ1) is 26.9. The molecule has 1 rings (SSSR count). The fraction of sp³-hybridized carbons (Fsp3) is 0.750. The number of rotatable bonds is 12. The van der Waals surface area contributed by atoms with Crippen LogP contribution in [0, 0.1) is 0 Å². The van der Waals surface area contributed by atoms with Crippen LogP contribution in [0.15, 0.2) is 24.4 Å². The molecule has 8 heteroatoms. The van der Waals surface area contributed by atoms with Gasteiger partial charge in [0, 0.05) is 25.0 Å². The molecule has 0 atom stereocenters. The largest absolute Gasteiger partial charge is 0.741 e. The Labute approximate surface area is 167 Å². The van der Waals surface area contributed by atoms with Crippen molar-refractivity contribution in [2.45, 2.75) is 96.5 Å². The first-order valence-electron chi connectivity index (χ1n) is 10.1. The molecule has 28 heavy (non-hydrogen) atoms. The van der Waals surface area contributed by atoms with Crippen molar-refractivity contribution >= 4 is 10.1 Å². The summed E-state index contributed by atoms with van der Waals surface area (Å²) in [6.07, 6.45) is 17.5. The van der Waals surface area contributed by atoms with Crippen molar-refractivity contribution in [3.05, 3.63) is 30.1 Å². The van der Waals surface area contributed by atoms with E-state index in [-0.39, 0.29) is 0 Å². The zero-order chi connectivity index (χ0) is 21.5. The summed E-state index contributed by atoms with van der Waals surface area (Å²) in [5, 5.41) is 0. The molecule has 1 heterocycles. The topological polar surface area (TPSA) is 61.1 Å². The predicted molar refractivity (Wildman–Crippen MR) is 104 cm³/mol. The summed E-state index contributed by atoms with van der Waals surface area (Å²) in [6, 6.07) is 6.54. The zero-order valence-electron chi connectivity index (χ0n) is 17.0. The molecule has 0 spiro atoms. The molecule has 0 aliphatic heterocycles. The number of nitrogens with zero attached hydrogens (tertiary/aromatic N) is 1. The molecule has 1 aromatic heterocycles. The van der Waals surface area contributed by atoms with Crippen molar-refractivity contribution in [3.63, 3.8) is 0 Å². The zero-order valence-corrected chi connectivity index (χ0v) is 17.8. The lowest BCUT2D eigenvalue weighted by Gasteiger charge is -2.08. The third-order valence-corrected chi connectivity index (χ3v) is 5.00. The van der Waals surface area contributed by atoms with Gasteiger partial charge < -0.3 is 4.55 Å². The Balaban J connectivity index is 0.000000769. The van der Waals surface area contributed by atoms with Crippen molar-refractivity contribution in [2.75, 3.05) is 0 Å². The first-order valence-corrected chi connectivity index (χ1v) is 11.5.